The van der Waals surface area contributed by atoms with Crippen molar-refractivity contribution >= 4 is 5.91 Å². The van der Waals surface area contributed by atoms with Gasteiger partial charge in [0.1, 0.15) is 0 Å². The Morgan fingerprint density at radius 1 is 1.58 bits per heavy atom. The monoisotopic (exact) mass is 169 g/mol. The van der Waals surface area contributed by atoms with Crippen LogP contribution >= 0.6 is 0 Å². The Bertz CT molecular complexity index is 145. The average molecular weight is 169 g/mol. The lowest BCUT2D eigenvalue weighted by atomic mass is 9.94. The second-order valence-corrected chi connectivity index (χ2v) is 3.70. The number of amides is 1. The van der Waals surface area contributed by atoms with Gasteiger partial charge in [0.15, 0.2) is 0 Å². The highest BCUT2D eigenvalue weighted by Gasteiger charge is 2.16. The third kappa shape index (κ3) is 3.24. The van der Waals surface area contributed by atoms with Crippen molar-refractivity contribution in [3.63, 3.8) is 0 Å². The van der Waals surface area contributed by atoms with Crippen LogP contribution < -0.4 is 5.32 Å². The molecule has 1 unspecified atom stereocenters. The highest BCUT2D eigenvalue weighted by atomic mass is 16.1. The molecular formula is C10H19NO. The molecule has 0 aromatic rings. The van der Waals surface area contributed by atoms with Crippen LogP contribution in [0, 0.1) is 5.92 Å². The molecule has 1 rings (SSSR count). The van der Waals surface area contributed by atoms with E-state index in [4.69, 9.17) is 0 Å². The lowest BCUT2D eigenvalue weighted by Gasteiger charge is -2.10. The number of nitrogens with one attached hydrogen (secondary N) is 1. The molecule has 1 atom stereocenters. The lowest BCUT2D eigenvalue weighted by molar-refractivity contribution is -0.121. The van der Waals surface area contributed by atoms with Gasteiger partial charge >= 0.3 is 0 Å². The largest absolute Gasteiger partial charge is 0.356 e. The number of unbranched alkanes of at least 4 members (excludes halogenated alkanes) is 1. The predicted octanol–water partition coefficient (Wildman–Crippen LogP) is 2.09. The van der Waals surface area contributed by atoms with Gasteiger partial charge in [-0.25, -0.2) is 0 Å². The molecule has 0 radical (unpaired) electrons. The van der Waals surface area contributed by atoms with E-state index in [1.165, 1.54) is 32.1 Å². The third-order valence-electron chi connectivity index (χ3n) is 2.55. The Morgan fingerprint density at radius 3 is 3.17 bits per heavy atom. The van der Waals surface area contributed by atoms with Crippen molar-refractivity contribution in [2.45, 2.75) is 45.4 Å². The summed E-state index contributed by atoms with van der Waals surface area (Å²) in [5.41, 5.74) is 0. The van der Waals surface area contributed by atoms with Crippen molar-refractivity contribution in [3.05, 3.63) is 0 Å². The highest BCUT2D eigenvalue weighted by molar-refractivity contribution is 5.76. The molecule has 12 heavy (non-hydrogen) atoms. The summed E-state index contributed by atoms with van der Waals surface area (Å²) in [6.07, 6.45) is 6.93. The van der Waals surface area contributed by atoms with Crippen LogP contribution in [0.4, 0.5) is 0 Å². The van der Waals surface area contributed by atoms with Gasteiger partial charge in [-0.1, -0.05) is 19.8 Å². The van der Waals surface area contributed by atoms with Gasteiger partial charge in [0.25, 0.3) is 0 Å². The zero-order chi connectivity index (χ0) is 8.81. The van der Waals surface area contributed by atoms with Crippen LogP contribution in [0.15, 0.2) is 0 Å². The summed E-state index contributed by atoms with van der Waals surface area (Å²) < 4.78 is 0. The number of hydrogen-bond acceptors (Lipinski definition) is 1. The molecule has 1 N–H and O–H groups in total. The number of carbonyl (C=O) groups excluding carboxylic acids is 1. The molecule has 1 aliphatic heterocycles. The van der Waals surface area contributed by atoms with Gasteiger partial charge in [-0.05, 0) is 25.2 Å². The summed E-state index contributed by atoms with van der Waals surface area (Å²) in [6.45, 7) is 3.10. The van der Waals surface area contributed by atoms with Gasteiger partial charge in [0.05, 0.1) is 0 Å². The topological polar surface area (TPSA) is 29.1 Å². The summed E-state index contributed by atoms with van der Waals surface area (Å²) in [7, 11) is 0. The molecular weight excluding hydrogens is 150 g/mol. The molecule has 0 aliphatic carbocycles. The summed E-state index contributed by atoms with van der Waals surface area (Å²) in [5.74, 6) is 0.918. The second kappa shape index (κ2) is 5.18. The smallest absolute Gasteiger partial charge is 0.220 e. The molecule has 1 heterocycles. The maximum atomic E-state index is 11.1. The third-order valence-corrected chi connectivity index (χ3v) is 2.55. The van der Waals surface area contributed by atoms with Crippen molar-refractivity contribution in [2.75, 3.05) is 6.54 Å². The standard InChI is InChI=1S/C10H19NO/c1-2-3-5-9-6-4-7-11-10(12)8-9/h9H,2-8H2,1H3,(H,11,12). The Balaban J connectivity index is 2.26. The quantitative estimate of drug-likeness (QED) is 0.688. The zero-order valence-electron chi connectivity index (χ0n) is 7.94. The Morgan fingerprint density at radius 2 is 2.42 bits per heavy atom. The van der Waals surface area contributed by atoms with E-state index >= 15 is 0 Å². The fourth-order valence-corrected chi connectivity index (χ4v) is 1.79. The molecule has 1 amide bonds. The van der Waals surface area contributed by atoms with E-state index in [0.29, 0.717) is 5.92 Å². The normalized spacial score (nSPS) is 24.8. The summed E-state index contributed by atoms with van der Waals surface area (Å²) in [5, 5.41) is 2.91. The van der Waals surface area contributed by atoms with Crippen molar-refractivity contribution < 1.29 is 4.79 Å². The van der Waals surface area contributed by atoms with E-state index in [0.717, 1.165) is 13.0 Å². The molecule has 0 spiro atoms. The first kappa shape index (κ1) is 9.56. The molecule has 0 aromatic carbocycles. The van der Waals surface area contributed by atoms with Crippen LogP contribution in [-0.2, 0) is 4.79 Å². The highest BCUT2D eigenvalue weighted by Crippen LogP contribution is 2.20. The zero-order valence-corrected chi connectivity index (χ0v) is 7.94. The van der Waals surface area contributed by atoms with Crippen LogP contribution in [0.2, 0.25) is 0 Å². The molecule has 2 heteroatoms. The predicted molar refractivity (Wildman–Crippen MR) is 49.9 cm³/mol. The first-order valence-electron chi connectivity index (χ1n) is 5.09. The number of carbonyl (C=O) groups is 1. The Hall–Kier alpha value is -0.530. The lowest BCUT2D eigenvalue weighted by Crippen LogP contribution is -2.22. The van der Waals surface area contributed by atoms with Gasteiger partial charge in [0.2, 0.25) is 5.91 Å². The van der Waals surface area contributed by atoms with E-state index in [9.17, 15) is 4.79 Å². The molecule has 0 aromatic heterocycles. The number of rotatable bonds is 3. The van der Waals surface area contributed by atoms with E-state index < -0.39 is 0 Å². The fourth-order valence-electron chi connectivity index (χ4n) is 1.79. The van der Waals surface area contributed by atoms with Crippen molar-refractivity contribution in [1.82, 2.24) is 5.32 Å². The first-order valence-corrected chi connectivity index (χ1v) is 5.09. The minimum Gasteiger partial charge on any atom is -0.356 e. The van der Waals surface area contributed by atoms with E-state index in [1.807, 2.05) is 0 Å². The van der Waals surface area contributed by atoms with Crippen LogP contribution in [0.1, 0.15) is 45.4 Å². The summed E-state index contributed by atoms with van der Waals surface area (Å²) in [4.78, 5) is 11.1. The van der Waals surface area contributed by atoms with Gasteiger partial charge in [-0.2, -0.15) is 0 Å². The van der Waals surface area contributed by atoms with Gasteiger partial charge in [-0.3, -0.25) is 4.79 Å². The maximum Gasteiger partial charge on any atom is 0.220 e. The second-order valence-electron chi connectivity index (χ2n) is 3.70. The first-order chi connectivity index (χ1) is 5.83. The Labute approximate surface area is 74.7 Å². The van der Waals surface area contributed by atoms with Gasteiger partial charge in [0, 0.05) is 13.0 Å². The summed E-state index contributed by atoms with van der Waals surface area (Å²) >= 11 is 0. The van der Waals surface area contributed by atoms with E-state index in [2.05, 4.69) is 12.2 Å². The summed E-state index contributed by atoms with van der Waals surface area (Å²) in [6, 6.07) is 0. The Kier molecular flexibility index (Phi) is 4.12. The SMILES string of the molecule is CCCCC1CCCNC(=O)C1. The van der Waals surface area contributed by atoms with Crippen LogP contribution in [0.25, 0.3) is 0 Å². The molecule has 1 fully saturated rings. The van der Waals surface area contributed by atoms with E-state index in [1.54, 1.807) is 0 Å². The van der Waals surface area contributed by atoms with Crippen LogP contribution in [0.5, 0.6) is 0 Å². The van der Waals surface area contributed by atoms with Crippen LogP contribution in [-0.4, -0.2) is 12.5 Å². The maximum absolute atomic E-state index is 11.1. The van der Waals surface area contributed by atoms with Crippen LogP contribution in [0.3, 0.4) is 0 Å². The molecule has 1 saturated heterocycles. The van der Waals surface area contributed by atoms with Gasteiger partial charge < -0.3 is 5.32 Å². The molecule has 0 bridgehead atoms. The number of hydrogen-bond donors (Lipinski definition) is 1. The van der Waals surface area contributed by atoms with E-state index in [-0.39, 0.29) is 5.91 Å². The van der Waals surface area contributed by atoms with Crippen molar-refractivity contribution in [1.29, 1.82) is 0 Å². The van der Waals surface area contributed by atoms with Gasteiger partial charge in [-0.15, -0.1) is 0 Å². The minimum atomic E-state index is 0.258. The molecule has 2 nitrogen and oxygen atoms in total. The molecule has 70 valence electrons. The van der Waals surface area contributed by atoms with Crippen molar-refractivity contribution in [2.24, 2.45) is 5.92 Å². The molecule has 1 aliphatic rings. The fraction of sp³-hybridized carbons (Fsp3) is 0.900. The molecule has 0 saturated carbocycles. The average Bonchev–Trinajstić information content (AvgIpc) is 2.26. The minimum absolute atomic E-state index is 0.258. The van der Waals surface area contributed by atoms with Crippen molar-refractivity contribution in [3.8, 4) is 0 Å².